The third-order valence-corrected chi connectivity index (χ3v) is 6.08. The first-order valence-corrected chi connectivity index (χ1v) is 10.6. The van der Waals surface area contributed by atoms with E-state index in [0.29, 0.717) is 5.13 Å². The van der Waals surface area contributed by atoms with Crippen molar-refractivity contribution in [2.24, 2.45) is 0 Å². The molecular weight excluding hydrogens is 364 g/mol. The monoisotopic (exact) mass is 384 g/mol. The molecule has 5 nitrogen and oxygen atoms in total. The maximum atomic E-state index is 11.2. The van der Waals surface area contributed by atoms with Crippen LogP contribution in [0.1, 0.15) is 36.8 Å². The van der Waals surface area contributed by atoms with Crippen molar-refractivity contribution < 1.29 is 4.79 Å². The number of thioether (sulfide) groups is 1. The highest BCUT2D eigenvalue weighted by atomic mass is 32.2. The lowest BCUT2D eigenvalue weighted by molar-refractivity contribution is -0.114. The molecule has 0 spiro atoms. The van der Waals surface area contributed by atoms with Crippen molar-refractivity contribution in [3.05, 3.63) is 52.8 Å². The Balaban J connectivity index is 1.59. The molecule has 0 aliphatic heterocycles. The second-order valence-electron chi connectivity index (χ2n) is 6.28. The molecule has 0 unspecified atom stereocenters. The molecule has 0 radical (unpaired) electrons. The number of imidazole rings is 1. The quantitative estimate of drug-likeness (QED) is 0.660. The van der Waals surface area contributed by atoms with Crippen LogP contribution in [-0.2, 0) is 23.4 Å². The number of benzene rings is 1. The standard InChI is InChI=1S/C19H20N4OS2/c1-13(24)20-18-21-14(11-25-18)12-26-19-22-16-9-5-6-10-17(16)23(19)15-7-3-2-4-8-15/h2-4,7-8,11H,5-6,9-10,12H2,1H3,(H,20,21,24). The van der Waals surface area contributed by atoms with E-state index in [1.165, 1.54) is 48.2 Å². The summed E-state index contributed by atoms with van der Waals surface area (Å²) >= 11 is 3.16. The minimum Gasteiger partial charge on any atom is -0.302 e. The number of aromatic nitrogens is 3. The summed E-state index contributed by atoms with van der Waals surface area (Å²) in [7, 11) is 0. The number of hydrogen-bond donors (Lipinski definition) is 1. The Morgan fingerprint density at radius 3 is 2.85 bits per heavy atom. The number of nitrogens with zero attached hydrogens (tertiary/aromatic N) is 3. The van der Waals surface area contributed by atoms with Crippen molar-refractivity contribution >= 4 is 34.1 Å². The molecule has 2 aromatic heterocycles. The van der Waals surface area contributed by atoms with Crippen LogP contribution in [0.15, 0.2) is 40.9 Å². The zero-order valence-electron chi connectivity index (χ0n) is 14.6. The Hall–Kier alpha value is -2.12. The molecule has 1 N–H and O–H groups in total. The molecule has 1 aromatic carbocycles. The zero-order chi connectivity index (χ0) is 17.9. The van der Waals surface area contributed by atoms with E-state index < -0.39 is 0 Å². The lowest BCUT2D eigenvalue weighted by atomic mass is 10.0. The average molecular weight is 385 g/mol. The van der Waals surface area contributed by atoms with Crippen molar-refractivity contribution in [2.75, 3.05) is 5.32 Å². The second-order valence-corrected chi connectivity index (χ2v) is 8.08. The highest BCUT2D eigenvalue weighted by Crippen LogP contribution is 2.32. The molecule has 4 rings (SSSR count). The lowest BCUT2D eigenvalue weighted by Gasteiger charge is -2.15. The van der Waals surface area contributed by atoms with E-state index in [1.54, 1.807) is 11.8 Å². The van der Waals surface area contributed by atoms with Gasteiger partial charge < -0.3 is 5.32 Å². The Morgan fingerprint density at radius 1 is 1.23 bits per heavy atom. The molecule has 1 aliphatic rings. The van der Waals surface area contributed by atoms with Crippen LogP contribution in [0.2, 0.25) is 0 Å². The Bertz CT molecular complexity index is 917. The van der Waals surface area contributed by atoms with Gasteiger partial charge in [-0.3, -0.25) is 9.36 Å². The van der Waals surface area contributed by atoms with Crippen LogP contribution < -0.4 is 5.32 Å². The fraction of sp³-hybridized carbons (Fsp3) is 0.316. The topological polar surface area (TPSA) is 59.8 Å². The van der Waals surface area contributed by atoms with Crippen LogP contribution in [0.5, 0.6) is 0 Å². The fourth-order valence-corrected chi connectivity index (χ4v) is 4.98. The van der Waals surface area contributed by atoms with E-state index >= 15 is 0 Å². The molecule has 1 aliphatic carbocycles. The molecule has 134 valence electrons. The number of carbonyl (C=O) groups is 1. The van der Waals surface area contributed by atoms with Crippen molar-refractivity contribution in [1.29, 1.82) is 0 Å². The number of aryl methyl sites for hydroxylation is 1. The van der Waals surface area contributed by atoms with Gasteiger partial charge in [0, 0.05) is 29.4 Å². The lowest BCUT2D eigenvalue weighted by Crippen LogP contribution is -2.07. The number of amides is 1. The molecule has 26 heavy (non-hydrogen) atoms. The Labute approximate surface area is 160 Å². The number of thiazole rings is 1. The number of nitrogens with one attached hydrogen (secondary N) is 1. The highest BCUT2D eigenvalue weighted by molar-refractivity contribution is 7.98. The number of para-hydroxylation sites is 1. The summed E-state index contributed by atoms with van der Waals surface area (Å²) in [5, 5.41) is 6.41. The summed E-state index contributed by atoms with van der Waals surface area (Å²) in [6, 6.07) is 10.5. The van der Waals surface area contributed by atoms with Gasteiger partial charge in [-0.2, -0.15) is 0 Å². The summed E-state index contributed by atoms with van der Waals surface area (Å²) in [4.78, 5) is 20.6. The molecule has 1 amide bonds. The van der Waals surface area contributed by atoms with E-state index in [-0.39, 0.29) is 5.91 Å². The zero-order valence-corrected chi connectivity index (χ0v) is 16.2. The minimum absolute atomic E-state index is 0.0918. The number of carbonyl (C=O) groups excluding carboxylic acids is 1. The van der Waals surface area contributed by atoms with Gasteiger partial charge in [-0.25, -0.2) is 9.97 Å². The third kappa shape index (κ3) is 3.68. The van der Waals surface area contributed by atoms with Gasteiger partial charge in [-0.05, 0) is 37.8 Å². The first kappa shape index (κ1) is 17.3. The number of fused-ring (bicyclic) bond motifs is 1. The molecule has 0 bridgehead atoms. The SMILES string of the molecule is CC(=O)Nc1nc(CSc2nc3c(n2-c2ccccc2)CCCC3)cs1. The van der Waals surface area contributed by atoms with Gasteiger partial charge in [0.15, 0.2) is 10.3 Å². The highest BCUT2D eigenvalue weighted by Gasteiger charge is 2.21. The largest absolute Gasteiger partial charge is 0.302 e. The molecule has 0 saturated heterocycles. The second kappa shape index (κ2) is 7.63. The predicted molar refractivity (Wildman–Crippen MR) is 106 cm³/mol. The Morgan fingerprint density at radius 2 is 2.04 bits per heavy atom. The van der Waals surface area contributed by atoms with Gasteiger partial charge in [0.1, 0.15) is 0 Å². The van der Waals surface area contributed by atoms with Crippen molar-refractivity contribution in [2.45, 2.75) is 43.5 Å². The first-order valence-electron chi connectivity index (χ1n) is 8.71. The van der Waals surface area contributed by atoms with Crippen LogP contribution >= 0.6 is 23.1 Å². The van der Waals surface area contributed by atoms with Crippen molar-refractivity contribution in [3.63, 3.8) is 0 Å². The van der Waals surface area contributed by atoms with Gasteiger partial charge in [0.25, 0.3) is 0 Å². The average Bonchev–Trinajstić information content (AvgIpc) is 3.24. The van der Waals surface area contributed by atoms with Crippen molar-refractivity contribution in [3.8, 4) is 5.69 Å². The summed E-state index contributed by atoms with van der Waals surface area (Å²) in [6.45, 7) is 1.50. The van der Waals surface area contributed by atoms with Gasteiger partial charge >= 0.3 is 0 Å². The molecule has 0 saturated carbocycles. The minimum atomic E-state index is -0.0918. The summed E-state index contributed by atoms with van der Waals surface area (Å²) in [5.74, 6) is 0.643. The maximum absolute atomic E-state index is 11.2. The molecule has 2 heterocycles. The van der Waals surface area contributed by atoms with Gasteiger partial charge in [-0.15, -0.1) is 11.3 Å². The van der Waals surface area contributed by atoms with Crippen molar-refractivity contribution in [1.82, 2.24) is 14.5 Å². The van der Waals surface area contributed by atoms with E-state index in [4.69, 9.17) is 4.98 Å². The summed E-state index contributed by atoms with van der Waals surface area (Å²) in [6.07, 6.45) is 4.59. The molecule has 0 atom stereocenters. The Kier molecular flexibility index (Phi) is 5.08. The predicted octanol–water partition coefficient (Wildman–Crippen LogP) is 4.46. The molecule has 0 fully saturated rings. The van der Waals surface area contributed by atoms with Crippen LogP contribution in [0.25, 0.3) is 5.69 Å². The van der Waals surface area contributed by atoms with Crippen LogP contribution in [0.4, 0.5) is 5.13 Å². The molecule has 7 heteroatoms. The van der Waals surface area contributed by atoms with E-state index in [1.807, 2.05) is 11.4 Å². The third-order valence-electron chi connectivity index (χ3n) is 4.30. The maximum Gasteiger partial charge on any atom is 0.223 e. The van der Waals surface area contributed by atoms with E-state index in [9.17, 15) is 4.79 Å². The summed E-state index contributed by atoms with van der Waals surface area (Å²) in [5.41, 5.74) is 4.72. The van der Waals surface area contributed by atoms with Crippen LogP contribution in [-0.4, -0.2) is 20.4 Å². The first-order chi connectivity index (χ1) is 12.7. The fourth-order valence-electron chi connectivity index (χ4n) is 3.18. The molecule has 3 aromatic rings. The van der Waals surface area contributed by atoms with E-state index in [0.717, 1.165) is 29.4 Å². The van der Waals surface area contributed by atoms with Crippen LogP contribution in [0.3, 0.4) is 0 Å². The normalized spacial score (nSPS) is 13.4. The van der Waals surface area contributed by atoms with Gasteiger partial charge in [0.05, 0.1) is 11.4 Å². The number of anilines is 1. The number of hydrogen-bond acceptors (Lipinski definition) is 5. The summed E-state index contributed by atoms with van der Waals surface area (Å²) < 4.78 is 2.31. The van der Waals surface area contributed by atoms with Gasteiger partial charge in [-0.1, -0.05) is 30.0 Å². The van der Waals surface area contributed by atoms with E-state index in [2.05, 4.69) is 39.1 Å². The smallest absolute Gasteiger partial charge is 0.223 e. The van der Waals surface area contributed by atoms with Crippen LogP contribution in [0, 0.1) is 0 Å². The molecular formula is C19H20N4OS2. The number of rotatable bonds is 5. The van der Waals surface area contributed by atoms with Gasteiger partial charge in [0.2, 0.25) is 5.91 Å².